The largest absolute Gasteiger partial charge is 0.273 e. The Kier molecular flexibility index (Phi) is 5.89. The summed E-state index contributed by atoms with van der Waals surface area (Å²) in [4.78, 5) is 16.7. The van der Waals surface area contributed by atoms with Crippen LogP contribution in [0.15, 0.2) is 30.3 Å². The predicted molar refractivity (Wildman–Crippen MR) is 68.2 cm³/mol. The van der Waals surface area contributed by atoms with E-state index < -0.39 is 5.92 Å². The van der Waals surface area contributed by atoms with Crippen LogP contribution in [-0.2, 0) is 16.1 Å². The van der Waals surface area contributed by atoms with Gasteiger partial charge in [0.1, 0.15) is 5.92 Å². The van der Waals surface area contributed by atoms with E-state index in [1.165, 1.54) is 0 Å². The Morgan fingerprint density at radius 3 is 2.61 bits per heavy atom. The highest BCUT2D eigenvalue weighted by Gasteiger charge is 2.18. The molecule has 0 saturated heterocycles. The Morgan fingerprint density at radius 2 is 2.06 bits per heavy atom. The SMILES string of the molecule is CC(C)CONC(=O)C(C#N)Cc1ccccc1. The first kappa shape index (κ1) is 14.2. The number of carbonyl (C=O) groups excluding carboxylic acids is 1. The molecule has 0 heterocycles. The van der Waals surface area contributed by atoms with Crippen molar-refractivity contribution in [3.8, 4) is 6.07 Å². The van der Waals surface area contributed by atoms with E-state index in [4.69, 9.17) is 10.1 Å². The molecular weight excluding hydrogens is 228 g/mol. The van der Waals surface area contributed by atoms with Crippen LogP contribution in [0.25, 0.3) is 0 Å². The van der Waals surface area contributed by atoms with Crippen LogP contribution in [0.5, 0.6) is 0 Å². The number of benzene rings is 1. The van der Waals surface area contributed by atoms with Crippen LogP contribution in [0.1, 0.15) is 19.4 Å². The number of hydrogen-bond donors (Lipinski definition) is 1. The normalized spacial score (nSPS) is 11.9. The first-order valence-electron chi connectivity index (χ1n) is 5.98. The Balaban J connectivity index is 2.46. The average molecular weight is 246 g/mol. The Bertz CT molecular complexity index is 410. The number of hydroxylamine groups is 1. The summed E-state index contributed by atoms with van der Waals surface area (Å²) in [7, 11) is 0. The van der Waals surface area contributed by atoms with Crippen LogP contribution in [0.3, 0.4) is 0 Å². The summed E-state index contributed by atoms with van der Waals surface area (Å²) in [6.45, 7) is 4.41. The van der Waals surface area contributed by atoms with Crippen molar-refractivity contribution in [2.75, 3.05) is 6.61 Å². The highest BCUT2D eigenvalue weighted by atomic mass is 16.6. The molecule has 1 aromatic carbocycles. The minimum atomic E-state index is -0.723. The smallest absolute Gasteiger partial charge is 0.261 e. The van der Waals surface area contributed by atoms with Gasteiger partial charge >= 0.3 is 0 Å². The van der Waals surface area contributed by atoms with E-state index in [1.54, 1.807) is 0 Å². The van der Waals surface area contributed by atoms with E-state index in [0.717, 1.165) is 5.56 Å². The molecule has 1 amide bonds. The number of nitrogens with zero attached hydrogens (tertiary/aromatic N) is 1. The molecule has 0 aromatic heterocycles. The molecule has 0 spiro atoms. The molecule has 1 atom stereocenters. The van der Waals surface area contributed by atoms with E-state index in [2.05, 4.69) is 5.48 Å². The van der Waals surface area contributed by atoms with E-state index >= 15 is 0 Å². The zero-order chi connectivity index (χ0) is 13.4. The second kappa shape index (κ2) is 7.46. The van der Waals surface area contributed by atoms with Gasteiger partial charge in [0.05, 0.1) is 12.7 Å². The molecule has 0 aliphatic rings. The fraction of sp³-hybridized carbons (Fsp3) is 0.429. The van der Waals surface area contributed by atoms with Gasteiger partial charge in [-0.25, -0.2) is 5.48 Å². The minimum Gasteiger partial charge on any atom is -0.273 e. The predicted octanol–water partition coefficient (Wildman–Crippen LogP) is 2.07. The van der Waals surface area contributed by atoms with Crippen molar-refractivity contribution in [1.82, 2.24) is 5.48 Å². The zero-order valence-corrected chi connectivity index (χ0v) is 10.7. The monoisotopic (exact) mass is 246 g/mol. The number of carbonyl (C=O) groups is 1. The molecule has 1 N–H and O–H groups in total. The lowest BCUT2D eigenvalue weighted by Gasteiger charge is -2.11. The first-order chi connectivity index (χ1) is 8.63. The molecule has 0 aliphatic heterocycles. The van der Waals surface area contributed by atoms with Crippen molar-refractivity contribution in [3.05, 3.63) is 35.9 Å². The van der Waals surface area contributed by atoms with Crippen molar-refractivity contribution < 1.29 is 9.63 Å². The van der Waals surface area contributed by atoms with Gasteiger partial charge in [-0.15, -0.1) is 0 Å². The fourth-order valence-corrected chi connectivity index (χ4v) is 1.40. The van der Waals surface area contributed by atoms with Crippen molar-refractivity contribution in [1.29, 1.82) is 5.26 Å². The van der Waals surface area contributed by atoms with Crippen LogP contribution in [0.4, 0.5) is 0 Å². The van der Waals surface area contributed by atoms with E-state index in [9.17, 15) is 4.79 Å². The maximum absolute atomic E-state index is 11.7. The van der Waals surface area contributed by atoms with Crippen LogP contribution in [0.2, 0.25) is 0 Å². The fourth-order valence-electron chi connectivity index (χ4n) is 1.40. The number of amides is 1. The summed E-state index contributed by atoms with van der Waals surface area (Å²) in [5, 5.41) is 9.00. The maximum Gasteiger partial charge on any atom is 0.261 e. The minimum absolute atomic E-state index is 0.333. The molecular formula is C14H18N2O2. The van der Waals surface area contributed by atoms with Crippen molar-refractivity contribution in [3.63, 3.8) is 0 Å². The number of rotatable bonds is 6. The van der Waals surface area contributed by atoms with Gasteiger partial charge in [0.15, 0.2) is 0 Å². The third kappa shape index (κ3) is 4.98. The lowest BCUT2D eigenvalue weighted by Crippen LogP contribution is -2.32. The molecule has 1 aromatic rings. The molecule has 0 fully saturated rings. The summed E-state index contributed by atoms with van der Waals surface area (Å²) in [6.07, 6.45) is 0.397. The van der Waals surface area contributed by atoms with E-state index in [0.29, 0.717) is 18.9 Å². The molecule has 0 radical (unpaired) electrons. The third-order valence-electron chi connectivity index (χ3n) is 2.34. The second-order valence-electron chi connectivity index (χ2n) is 4.54. The maximum atomic E-state index is 11.7. The van der Waals surface area contributed by atoms with Gasteiger partial charge in [-0.1, -0.05) is 44.2 Å². The summed E-state index contributed by atoms with van der Waals surface area (Å²) in [5.74, 6) is -0.776. The van der Waals surface area contributed by atoms with E-state index in [-0.39, 0.29) is 5.91 Å². The third-order valence-corrected chi connectivity index (χ3v) is 2.34. The van der Waals surface area contributed by atoms with Gasteiger partial charge in [0, 0.05) is 0 Å². The Labute approximate surface area is 108 Å². The summed E-state index contributed by atoms with van der Waals surface area (Å²) in [6, 6.07) is 11.5. The van der Waals surface area contributed by atoms with Gasteiger partial charge in [-0.2, -0.15) is 5.26 Å². The molecule has 1 rings (SSSR count). The van der Waals surface area contributed by atoms with Gasteiger partial charge in [0.2, 0.25) is 0 Å². The standard InChI is InChI=1S/C14H18N2O2/c1-11(2)10-18-16-14(17)13(9-15)8-12-6-4-3-5-7-12/h3-7,11,13H,8,10H2,1-2H3,(H,16,17). The van der Waals surface area contributed by atoms with Crippen LogP contribution in [0, 0.1) is 23.2 Å². The number of nitriles is 1. The Morgan fingerprint density at radius 1 is 1.39 bits per heavy atom. The molecule has 0 aliphatic carbocycles. The zero-order valence-electron chi connectivity index (χ0n) is 10.7. The molecule has 1 unspecified atom stereocenters. The highest BCUT2D eigenvalue weighted by molar-refractivity contribution is 5.80. The second-order valence-corrected chi connectivity index (χ2v) is 4.54. The van der Waals surface area contributed by atoms with Crippen molar-refractivity contribution in [2.24, 2.45) is 11.8 Å². The quantitative estimate of drug-likeness (QED) is 0.782. The van der Waals surface area contributed by atoms with Crippen LogP contribution < -0.4 is 5.48 Å². The number of nitrogens with one attached hydrogen (secondary N) is 1. The average Bonchev–Trinajstić information content (AvgIpc) is 2.36. The van der Waals surface area contributed by atoms with Crippen LogP contribution in [-0.4, -0.2) is 12.5 Å². The van der Waals surface area contributed by atoms with Gasteiger partial charge in [-0.3, -0.25) is 9.63 Å². The van der Waals surface area contributed by atoms with E-state index in [1.807, 2.05) is 50.2 Å². The summed E-state index contributed by atoms with van der Waals surface area (Å²) < 4.78 is 0. The molecule has 96 valence electrons. The lowest BCUT2D eigenvalue weighted by atomic mass is 10.0. The van der Waals surface area contributed by atoms with Crippen molar-refractivity contribution in [2.45, 2.75) is 20.3 Å². The van der Waals surface area contributed by atoms with Crippen molar-refractivity contribution >= 4 is 5.91 Å². The molecule has 0 bridgehead atoms. The molecule has 4 nitrogen and oxygen atoms in total. The molecule has 4 heteroatoms. The van der Waals surface area contributed by atoms with Crippen LogP contribution >= 0.6 is 0 Å². The molecule has 18 heavy (non-hydrogen) atoms. The summed E-state index contributed by atoms with van der Waals surface area (Å²) in [5.41, 5.74) is 3.28. The molecule has 0 saturated carbocycles. The first-order valence-corrected chi connectivity index (χ1v) is 5.98. The highest BCUT2D eigenvalue weighted by Crippen LogP contribution is 2.08. The van der Waals surface area contributed by atoms with Gasteiger partial charge in [-0.05, 0) is 17.9 Å². The summed E-state index contributed by atoms with van der Waals surface area (Å²) >= 11 is 0. The Hall–Kier alpha value is -1.86. The lowest BCUT2D eigenvalue weighted by molar-refractivity contribution is -0.136. The topological polar surface area (TPSA) is 62.1 Å². The number of hydrogen-bond acceptors (Lipinski definition) is 3. The van der Waals surface area contributed by atoms with Gasteiger partial charge in [0.25, 0.3) is 5.91 Å². The van der Waals surface area contributed by atoms with Gasteiger partial charge < -0.3 is 0 Å².